The van der Waals surface area contributed by atoms with Crippen molar-refractivity contribution in [2.24, 2.45) is 0 Å². The van der Waals surface area contributed by atoms with Crippen molar-refractivity contribution in [1.29, 1.82) is 0 Å². The summed E-state index contributed by atoms with van der Waals surface area (Å²) >= 11 is 6.01. The summed E-state index contributed by atoms with van der Waals surface area (Å²) in [5.41, 5.74) is 8.08. The van der Waals surface area contributed by atoms with Crippen LogP contribution in [0.15, 0.2) is 36.8 Å². The number of likely N-dealkylation sites (N-methyl/N-ethyl adjacent to an activating group) is 1. The molecule has 0 saturated carbocycles. The first-order chi connectivity index (χ1) is 9.20. The van der Waals surface area contributed by atoms with Crippen LogP contribution in [0.1, 0.15) is 24.1 Å². The number of nitrogens with two attached hydrogens (primary N) is 1. The second-order valence-corrected chi connectivity index (χ2v) is 4.73. The number of nitrogens with one attached hydrogen (secondary N) is 1. The standard InChI is InChI=1S/C14H17ClN4/c1-2-18-13(7-10-3-5-17-6-4-10)12-8-11(15)9-19-14(12)16/h3-6,8-9,13,18H,2,7H2,1H3,(H2,16,19). The minimum Gasteiger partial charge on any atom is -0.383 e. The Hall–Kier alpha value is -1.65. The first-order valence-corrected chi connectivity index (χ1v) is 6.61. The summed E-state index contributed by atoms with van der Waals surface area (Å²) < 4.78 is 0. The zero-order valence-corrected chi connectivity index (χ0v) is 11.6. The van der Waals surface area contributed by atoms with Crippen LogP contribution in [0.5, 0.6) is 0 Å². The van der Waals surface area contributed by atoms with E-state index in [-0.39, 0.29) is 6.04 Å². The third-order valence-electron chi connectivity index (χ3n) is 2.93. The fourth-order valence-electron chi connectivity index (χ4n) is 2.04. The molecule has 0 fully saturated rings. The number of halogens is 1. The summed E-state index contributed by atoms with van der Waals surface area (Å²) in [6.45, 7) is 2.91. The molecule has 2 aromatic rings. The maximum Gasteiger partial charge on any atom is 0.128 e. The van der Waals surface area contributed by atoms with Gasteiger partial charge in [-0.1, -0.05) is 18.5 Å². The molecular weight excluding hydrogens is 260 g/mol. The van der Waals surface area contributed by atoms with Gasteiger partial charge in [0.25, 0.3) is 0 Å². The molecule has 2 aromatic heterocycles. The summed E-state index contributed by atoms with van der Waals surface area (Å²) in [4.78, 5) is 8.14. The molecule has 19 heavy (non-hydrogen) atoms. The lowest BCUT2D eigenvalue weighted by Crippen LogP contribution is -2.24. The van der Waals surface area contributed by atoms with Gasteiger partial charge in [0.1, 0.15) is 5.82 Å². The van der Waals surface area contributed by atoms with E-state index in [0.29, 0.717) is 10.8 Å². The van der Waals surface area contributed by atoms with E-state index in [2.05, 4.69) is 22.2 Å². The fourth-order valence-corrected chi connectivity index (χ4v) is 2.20. The maximum atomic E-state index is 6.01. The van der Waals surface area contributed by atoms with Gasteiger partial charge in [-0.2, -0.15) is 0 Å². The Labute approximate surface area is 118 Å². The molecule has 0 bridgehead atoms. The molecule has 0 aliphatic carbocycles. The molecule has 0 spiro atoms. The van der Waals surface area contributed by atoms with Gasteiger partial charge in [-0.25, -0.2) is 4.98 Å². The molecule has 0 aromatic carbocycles. The van der Waals surface area contributed by atoms with Crippen LogP contribution in [0.3, 0.4) is 0 Å². The Bertz CT molecular complexity index is 530. The monoisotopic (exact) mass is 276 g/mol. The van der Waals surface area contributed by atoms with E-state index < -0.39 is 0 Å². The summed E-state index contributed by atoms with van der Waals surface area (Å²) in [5, 5.41) is 4.02. The summed E-state index contributed by atoms with van der Waals surface area (Å²) in [6.07, 6.45) is 5.97. The van der Waals surface area contributed by atoms with Crippen molar-refractivity contribution in [3.05, 3.63) is 52.9 Å². The van der Waals surface area contributed by atoms with Crippen molar-refractivity contribution in [3.8, 4) is 0 Å². The lowest BCUT2D eigenvalue weighted by atomic mass is 10.00. The van der Waals surface area contributed by atoms with Crippen molar-refractivity contribution >= 4 is 17.4 Å². The highest BCUT2D eigenvalue weighted by Gasteiger charge is 2.15. The van der Waals surface area contributed by atoms with Gasteiger partial charge in [-0.15, -0.1) is 0 Å². The quantitative estimate of drug-likeness (QED) is 0.881. The number of pyridine rings is 2. The second kappa shape index (κ2) is 6.50. The number of hydrogen-bond acceptors (Lipinski definition) is 4. The van der Waals surface area contributed by atoms with Gasteiger partial charge in [0.2, 0.25) is 0 Å². The second-order valence-electron chi connectivity index (χ2n) is 4.30. The van der Waals surface area contributed by atoms with Crippen molar-refractivity contribution in [3.63, 3.8) is 0 Å². The lowest BCUT2D eigenvalue weighted by Gasteiger charge is -2.19. The average molecular weight is 277 g/mol. The number of rotatable bonds is 5. The Morgan fingerprint density at radius 3 is 2.79 bits per heavy atom. The molecule has 3 N–H and O–H groups in total. The van der Waals surface area contributed by atoms with Crippen molar-refractivity contribution in [2.75, 3.05) is 12.3 Å². The Kier molecular flexibility index (Phi) is 4.71. The molecule has 4 nitrogen and oxygen atoms in total. The van der Waals surface area contributed by atoms with Crippen LogP contribution < -0.4 is 11.1 Å². The van der Waals surface area contributed by atoms with Crippen LogP contribution in [0, 0.1) is 0 Å². The van der Waals surface area contributed by atoms with Gasteiger partial charge >= 0.3 is 0 Å². The highest BCUT2D eigenvalue weighted by Crippen LogP contribution is 2.25. The van der Waals surface area contributed by atoms with Crippen molar-refractivity contribution in [2.45, 2.75) is 19.4 Å². The summed E-state index contributed by atoms with van der Waals surface area (Å²) in [7, 11) is 0. The third kappa shape index (κ3) is 3.66. The Morgan fingerprint density at radius 2 is 2.11 bits per heavy atom. The van der Waals surface area contributed by atoms with Gasteiger partial charge in [0.05, 0.1) is 5.02 Å². The molecule has 0 saturated heterocycles. The maximum absolute atomic E-state index is 6.01. The van der Waals surface area contributed by atoms with E-state index >= 15 is 0 Å². The molecule has 2 rings (SSSR count). The fraction of sp³-hybridized carbons (Fsp3) is 0.286. The van der Waals surface area contributed by atoms with Gasteiger partial charge in [0, 0.05) is 30.2 Å². The zero-order chi connectivity index (χ0) is 13.7. The molecule has 0 aliphatic heterocycles. The van der Waals surface area contributed by atoms with E-state index in [4.69, 9.17) is 17.3 Å². The molecule has 2 heterocycles. The predicted molar refractivity (Wildman–Crippen MR) is 78.0 cm³/mol. The van der Waals surface area contributed by atoms with Crippen molar-refractivity contribution in [1.82, 2.24) is 15.3 Å². The Balaban J connectivity index is 2.27. The molecule has 100 valence electrons. The minimum atomic E-state index is 0.0959. The van der Waals surface area contributed by atoms with Gasteiger partial charge in [-0.3, -0.25) is 4.98 Å². The van der Waals surface area contributed by atoms with E-state index in [9.17, 15) is 0 Å². The Morgan fingerprint density at radius 1 is 1.37 bits per heavy atom. The first-order valence-electron chi connectivity index (χ1n) is 6.24. The molecule has 1 atom stereocenters. The number of hydrogen-bond donors (Lipinski definition) is 2. The summed E-state index contributed by atoms with van der Waals surface area (Å²) in [5.74, 6) is 0.518. The highest BCUT2D eigenvalue weighted by molar-refractivity contribution is 6.30. The van der Waals surface area contributed by atoms with E-state index in [1.165, 1.54) is 5.56 Å². The van der Waals surface area contributed by atoms with Crippen molar-refractivity contribution < 1.29 is 0 Å². The van der Waals surface area contributed by atoms with E-state index in [1.807, 2.05) is 18.2 Å². The van der Waals surface area contributed by atoms with E-state index in [0.717, 1.165) is 18.5 Å². The van der Waals surface area contributed by atoms with Gasteiger partial charge < -0.3 is 11.1 Å². The number of nitrogens with zero attached hydrogens (tertiary/aromatic N) is 2. The third-order valence-corrected chi connectivity index (χ3v) is 3.14. The lowest BCUT2D eigenvalue weighted by molar-refractivity contribution is 0.550. The average Bonchev–Trinajstić information content (AvgIpc) is 2.42. The van der Waals surface area contributed by atoms with Gasteiger partial charge in [0.15, 0.2) is 0 Å². The van der Waals surface area contributed by atoms with Crippen LogP contribution in [-0.2, 0) is 6.42 Å². The molecule has 5 heteroatoms. The topological polar surface area (TPSA) is 63.8 Å². The van der Waals surface area contributed by atoms with Gasteiger partial charge in [-0.05, 0) is 36.7 Å². The number of nitrogen functional groups attached to an aromatic ring is 1. The summed E-state index contributed by atoms with van der Waals surface area (Å²) in [6, 6.07) is 5.97. The SMILES string of the molecule is CCNC(Cc1ccncc1)c1cc(Cl)cnc1N. The van der Waals surface area contributed by atoms with Crippen LogP contribution in [0.4, 0.5) is 5.82 Å². The normalized spacial score (nSPS) is 12.3. The van der Waals surface area contributed by atoms with Crippen LogP contribution in [0.2, 0.25) is 5.02 Å². The minimum absolute atomic E-state index is 0.0959. The molecule has 1 unspecified atom stereocenters. The largest absolute Gasteiger partial charge is 0.383 e. The van der Waals surface area contributed by atoms with E-state index in [1.54, 1.807) is 18.6 Å². The number of aromatic nitrogens is 2. The van der Waals surface area contributed by atoms with Crippen LogP contribution in [0.25, 0.3) is 0 Å². The molecule has 0 aliphatic rings. The number of anilines is 1. The highest BCUT2D eigenvalue weighted by atomic mass is 35.5. The smallest absolute Gasteiger partial charge is 0.128 e. The molecular formula is C14H17ClN4. The predicted octanol–water partition coefficient (Wildman–Crippen LogP) is 2.61. The molecule has 0 radical (unpaired) electrons. The van der Waals surface area contributed by atoms with Crippen LogP contribution >= 0.6 is 11.6 Å². The molecule has 0 amide bonds. The zero-order valence-electron chi connectivity index (χ0n) is 10.8. The van der Waals surface area contributed by atoms with Crippen LogP contribution in [-0.4, -0.2) is 16.5 Å². The first kappa shape index (κ1) is 13.8.